The van der Waals surface area contributed by atoms with Gasteiger partial charge in [-0.15, -0.1) is 0 Å². The fourth-order valence-electron chi connectivity index (χ4n) is 5.68. The molecular formula is C26H19F2N3O4. The van der Waals surface area contributed by atoms with E-state index in [4.69, 9.17) is 0 Å². The van der Waals surface area contributed by atoms with Gasteiger partial charge in [0.2, 0.25) is 17.7 Å². The number of nitrogens with zero attached hydrogens (tertiary/aromatic N) is 1. The van der Waals surface area contributed by atoms with E-state index >= 15 is 0 Å². The smallest absolute Gasteiger partial charge is 0.250 e. The van der Waals surface area contributed by atoms with E-state index in [0.717, 1.165) is 22.6 Å². The Morgan fingerprint density at radius 1 is 0.886 bits per heavy atom. The highest BCUT2D eigenvalue weighted by Gasteiger charge is 2.70. The fourth-order valence-corrected chi connectivity index (χ4v) is 5.68. The zero-order valence-electron chi connectivity index (χ0n) is 18.2. The molecule has 9 heteroatoms. The molecule has 4 atom stereocenters. The number of halogens is 2. The lowest BCUT2D eigenvalue weighted by atomic mass is 9.76. The molecule has 7 nitrogen and oxygen atoms in total. The number of anilines is 2. The van der Waals surface area contributed by atoms with E-state index in [9.17, 15) is 28.3 Å². The summed E-state index contributed by atoms with van der Waals surface area (Å²) in [7, 11) is 0. The normalized spacial score (nSPS) is 26.9. The maximum Gasteiger partial charge on any atom is 0.250 e. The number of hydrogen-bond acceptors (Lipinski definition) is 5. The average Bonchev–Trinajstić information content (AvgIpc) is 3.41. The number of carbonyl (C=O) groups is 3. The van der Waals surface area contributed by atoms with Gasteiger partial charge in [0.1, 0.15) is 22.9 Å². The topological polar surface area (TPSA) is 98.7 Å². The van der Waals surface area contributed by atoms with E-state index < -0.39 is 52.8 Å². The first kappa shape index (κ1) is 21.4. The zero-order chi connectivity index (χ0) is 24.5. The van der Waals surface area contributed by atoms with Crippen LogP contribution in [0, 0.1) is 23.5 Å². The van der Waals surface area contributed by atoms with Crippen molar-refractivity contribution in [1.29, 1.82) is 0 Å². The molecule has 3 aliphatic rings. The van der Waals surface area contributed by atoms with Crippen LogP contribution < -0.4 is 15.5 Å². The number of carbonyl (C=O) groups excluding carboxylic acids is 3. The molecule has 0 aromatic heterocycles. The number of benzene rings is 3. The van der Waals surface area contributed by atoms with Crippen LogP contribution in [0.3, 0.4) is 0 Å². The van der Waals surface area contributed by atoms with E-state index in [1.54, 1.807) is 12.1 Å². The Morgan fingerprint density at radius 3 is 2.29 bits per heavy atom. The highest BCUT2D eigenvalue weighted by atomic mass is 19.1. The van der Waals surface area contributed by atoms with Gasteiger partial charge in [-0.3, -0.25) is 19.7 Å². The maximum atomic E-state index is 14.3. The number of phenols is 1. The van der Waals surface area contributed by atoms with E-state index in [0.29, 0.717) is 5.69 Å². The van der Waals surface area contributed by atoms with Crippen molar-refractivity contribution in [3.8, 4) is 5.75 Å². The largest absolute Gasteiger partial charge is 0.508 e. The Labute approximate surface area is 198 Å². The first-order valence-corrected chi connectivity index (χ1v) is 11.1. The van der Waals surface area contributed by atoms with Crippen LogP contribution >= 0.6 is 0 Å². The first-order valence-electron chi connectivity index (χ1n) is 11.1. The molecule has 0 saturated carbocycles. The van der Waals surface area contributed by atoms with Crippen LogP contribution in [-0.2, 0) is 26.3 Å². The van der Waals surface area contributed by atoms with Gasteiger partial charge in [0.05, 0.1) is 17.5 Å². The predicted octanol–water partition coefficient (Wildman–Crippen LogP) is 2.84. The molecule has 3 aromatic carbocycles. The SMILES string of the molecule is O=C1[C@@H]2[C@H](Cc3ccc(O)cc3)N[C@@]3(C(=O)Nc4ccc(F)cc43)[C@@H]2C(=O)N1c1ccc(F)cc1. The maximum absolute atomic E-state index is 14.3. The lowest BCUT2D eigenvalue weighted by Crippen LogP contribution is -2.53. The average molecular weight is 475 g/mol. The highest BCUT2D eigenvalue weighted by Crippen LogP contribution is 2.54. The summed E-state index contributed by atoms with van der Waals surface area (Å²) in [6.07, 6.45) is 0.275. The third-order valence-corrected chi connectivity index (χ3v) is 7.15. The van der Waals surface area contributed by atoms with Gasteiger partial charge >= 0.3 is 0 Å². The second kappa shape index (κ2) is 7.44. The highest BCUT2D eigenvalue weighted by molar-refractivity contribution is 6.25. The zero-order valence-corrected chi connectivity index (χ0v) is 18.2. The Hall–Kier alpha value is -4.11. The fraction of sp³-hybridized carbons (Fsp3) is 0.192. The molecule has 3 amide bonds. The van der Waals surface area contributed by atoms with E-state index in [2.05, 4.69) is 10.6 Å². The molecule has 0 radical (unpaired) electrons. The molecule has 35 heavy (non-hydrogen) atoms. The van der Waals surface area contributed by atoms with Crippen LogP contribution in [0.2, 0.25) is 0 Å². The van der Waals surface area contributed by atoms with Crippen LogP contribution in [0.4, 0.5) is 20.2 Å². The molecule has 0 bridgehead atoms. The summed E-state index contributed by atoms with van der Waals surface area (Å²) in [5.74, 6) is -4.74. The van der Waals surface area contributed by atoms with E-state index in [1.165, 1.54) is 42.5 Å². The number of rotatable bonds is 3. The molecule has 6 rings (SSSR count). The van der Waals surface area contributed by atoms with Crippen molar-refractivity contribution in [3.63, 3.8) is 0 Å². The van der Waals surface area contributed by atoms with Crippen LogP contribution in [0.1, 0.15) is 11.1 Å². The van der Waals surface area contributed by atoms with Gasteiger partial charge in [-0.25, -0.2) is 13.7 Å². The van der Waals surface area contributed by atoms with Crippen LogP contribution in [0.5, 0.6) is 5.75 Å². The minimum Gasteiger partial charge on any atom is -0.508 e. The standard InChI is InChI=1S/C26H19F2N3O4/c27-14-3-6-16(7-4-14)31-23(33)21-20(11-13-1-8-17(32)9-2-13)30-26(22(21)24(31)34)18-12-15(28)5-10-19(18)29-25(26)35/h1-10,12,20-22,30,32H,11H2,(H,29,35)/t20-,21+,22-,26+/m0/s1. The van der Waals surface area contributed by atoms with Gasteiger partial charge in [-0.05, 0) is 66.6 Å². The molecule has 3 aliphatic heterocycles. The summed E-state index contributed by atoms with van der Waals surface area (Å²) in [5, 5.41) is 15.6. The van der Waals surface area contributed by atoms with Crippen molar-refractivity contribution >= 4 is 29.1 Å². The predicted molar refractivity (Wildman–Crippen MR) is 121 cm³/mol. The molecule has 1 spiro atoms. The molecule has 3 N–H and O–H groups in total. The number of nitrogens with one attached hydrogen (secondary N) is 2. The molecule has 176 valence electrons. The number of phenolic OH excluding ortho intramolecular Hbond substituents is 1. The second-order valence-electron chi connectivity index (χ2n) is 9.07. The number of imide groups is 1. The number of hydrogen-bond donors (Lipinski definition) is 3. The van der Waals surface area contributed by atoms with Crippen molar-refractivity contribution in [2.75, 3.05) is 10.2 Å². The second-order valence-corrected chi connectivity index (χ2v) is 9.07. The summed E-state index contributed by atoms with van der Waals surface area (Å²) in [5.41, 5.74) is -0.0338. The molecule has 2 fully saturated rings. The number of fused-ring (bicyclic) bond motifs is 4. The summed E-state index contributed by atoms with van der Waals surface area (Å²) in [4.78, 5) is 41.9. The van der Waals surface area contributed by atoms with Crippen molar-refractivity contribution in [2.45, 2.75) is 18.0 Å². The lowest BCUT2D eigenvalue weighted by Gasteiger charge is -2.29. The summed E-state index contributed by atoms with van der Waals surface area (Å²) < 4.78 is 27.8. The van der Waals surface area contributed by atoms with Gasteiger partial charge in [-0.1, -0.05) is 12.1 Å². The monoisotopic (exact) mass is 475 g/mol. The van der Waals surface area contributed by atoms with E-state index in [-0.39, 0.29) is 23.4 Å². The van der Waals surface area contributed by atoms with Gasteiger partial charge in [-0.2, -0.15) is 0 Å². The molecular weight excluding hydrogens is 456 g/mol. The molecule has 3 heterocycles. The molecule has 3 aromatic rings. The van der Waals surface area contributed by atoms with Crippen molar-refractivity contribution in [2.24, 2.45) is 11.8 Å². The van der Waals surface area contributed by atoms with Crippen LogP contribution in [-0.4, -0.2) is 28.9 Å². The van der Waals surface area contributed by atoms with Crippen molar-refractivity contribution in [1.82, 2.24) is 5.32 Å². The summed E-state index contributed by atoms with van der Waals surface area (Å²) in [6, 6.07) is 14.6. The minimum atomic E-state index is -1.65. The Kier molecular flexibility index (Phi) is 4.56. The van der Waals surface area contributed by atoms with Crippen molar-refractivity contribution < 1.29 is 28.3 Å². The number of aromatic hydroxyl groups is 1. The minimum absolute atomic E-state index is 0.0802. The third-order valence-electron chi connectivity index (χ3n) is 7.15. The summed E-state index contributed by atoms with van der Waals surface area (Å²) >= 11 is 0. The van der Waals surface area contributed by atoms with Gasteiger partial charge in [0, 0.05) is 17.3 Å². The first-order chi connectivity index (χ1) is 16.8. The number of amides is 3. The molecule has 0 unspecified atom stereocenters. The van der Waals surface area contributed by atoms with Crippen molar-refractivity contribution in [3.05, 3.63) is 89.5 Å². The lowest BCUT2D eigenvalue weighted by molar-refractivity contribution is -0.130. The summed E-state index contributed by atoms with van der Waals surface area (Å²) in [6.45, 7) is 0. The Balaban J connectivity index is 1.49. The van der Waals surface area contributed by atoms with Gasteiger partial charge in [0.25, 0.3) is 0 Å². The van der Waals surface area contributed by atoms with Crippen LogP contribution in [0.25, 0.3) is 0 Å². The van der Waals surface area contributed by atoms with Gasteiger partial charge < -0.3 is 10.4 Å². The Morgan fingerprint density at radius 2 is 1.57 bits per heavy atom. The van der Waals surface area contributed by atoms with E-state index in [1.807, 2.05) is 0 Å². The molecule has 0 aliphatic carbocycles. The Bertz CT molecular complexity index is 1390. The third kappa shape index (κ3) is 3.01. The molecule has 2 saturated heterocycles. The van der Waals surface area contributed by atoms with Gasteiger partial charge in [0.15, 0.2) is 0 Å². The quantitative estimate of drug-likeness (QED) is 0.506. The van der Waals surface area contributed by atoms with Crippen LogP contribution in [0.15, 0.2) is 66.7 Å².